The second kappa shape index (κ2) is 12.3. The Labute approximate surface area is 224 Å². The third kappa shape index (κ3) is 6.36. The Bertz CT molecular complexity index is 1540. The van der Waals surface area contributed by atoms with Gasteiger partial charge in [0, 0.05) is 30.0 Å². The molecule has 12 heteroatoms. The number of aryl methyl sites for hydroxylation is 1. The summed E-state index contributed by atoms with van der Waals surface area (Å²) in [5.74, 6) is 2.24. The van der Waals surface area contributed by atoms with E-state index in [2.05, 4.69) is 30.2 Å². The number of carbonyl (C=O) groups excluding carboxylic acids is 1. The monoisotopic (exact) mass is 529 g/mol. The molecule has 39 heavy (non-hydrogen) atoms. The van der Waals surface area contributed by atoms with E-state index < -0.39 is 5.91 Å². The summed E-state index contributed by atoms with van der Waals surface area (Å²) in [5.41, 5.74) is 7.19. The summed E-state index contributed by atoms with van der Waals surface area (Å²) >= 11 is 0. The van der Waals surface area contributed by atoms with Gasteiger partial charge in [-0.05, 0) is 38.1 Å². The van der Waals surface area contributed by atoms with Crippen molar-refractivity contribution in [3.63, 3.8) is 0 Å². The molecule has 0 saturated heterocycles. The van der Waals surface area contributed by atoms with Gasteiger partial charge in [-0.15, -0.1) is 0 Å². The molecule has 1 aromatic carbocycles. The summed E-state index contributed by atoms with van der Waals surface area (Å²) in [6.45, 7) is 3.82. The van der Waals surface area contributed by atoms with Gasteiger partial charge in [0.1, 0.15) is 23.0 Å². The summed E-state index contributed by atoms with van der Waals surface area (Å²) in [6.07, 6.45) is 7.52. The van der Waals surface area contributed by atoms with Gasteiger partial charge in [-0.25, -0.2) is 15.0 Å². The molecule has 0 aliphatic carbocycles. The number of anilines is 1. The van der Waals surface area contributed by atoms with Crippen LogP contribution in [0.2, 0.25) is 0 Å². The first-order chi connectivity index (χ1) is 18.9. The minimum atomic E-state index is -0.608. The Kier molecular flexibility index (Phi) is 8.46. The second-order valence-corrected chi connectivity index (χ2v) is 7.90. The number of nitrogens with two attached hydrogens (primary N) is 1. The maximum Gasteiger partial charge on any atom is 0.276 e. The fraction of sp³-hybridized carbons (Fsp3) is 0.185. The van der Waals surface area contributed by atoms with E-state index in [9.17, 15) is 4.79 Å². The third-order valence-electron chi connectivity index (χ3n) is 5.38. The molecule has 0 atom stereocenters. The van der Waals surface area contributed by atoms with Crippen molar-refractivity contribution in [1.29, 1.82) is 0 Å². The quantitative estimate of drug-likeness (QED) is 0.174. The third-order valence-corrected chi connectivity index (χ3v) is 5.38. The highest BCUT2D eigenvalue weighted by atomic mass is 16.5. The number of methoxy groups -OCH3 is 2. The lowest BCUT2D eigenvalue weighted by Crippen LogP contribution is -2.23. The fourth-order valence-corrected chi connectivity index (χ4v) is 3.46. The van der Waals surface area contributed by atoms with E-state index in [1.54, 1.807) is 70.8 Å². The molecular formula is C27H27N7O5. The molecule has 3 N–H and O–H groups in total. The van der Waals surface area contributed by atoms with Gasteiger partial charge in [0.2, 0.25) is 0 Å². The van der Waals surface area contributed by atoms with Crippen LogP contribution in [0.1, 0.15) is 12.6 Å². The van der Waals surface area contributed by atoms with Crippen LogP contribution < -0.4 is 25.3 Å². The van der Waals surface area contributed by atoms with Crippen LogP contribution >= 0.6 is 0 Å². The number of rotatable bonds is 10. The topological polar surface area (TPSA) is 156 Å². The van der Waals surface area contributed by atoms with Gasteiger partial charge in [-0.2, -0.15) is 0 Å². The van der Waals surface area contributed by atoms with Gasteiger partial charge >= 0.3 is 0 Å². The van der Waals surface area contributed by atoms with E-state index >= 15 is 0 Å². The first-order valence-electron chi connectivity index (χ1n) is 11.8. The zero-order chi connectivity index (χ0) is 27.8. The maximum absolute atomic E-state index is 12.8. The molecule has 0 saturated carbocycles. The van der Waals surface area contributed by atoms with Gasteiger partial charge in [0.05, 0.1) is 44.4 Å². The van der Waals surface area contributed by atoms with Crippen molar-refractivity contribution in [3.05, 3.63) is 72.3 Å². The minimum Gasteiger partial charge on any atom is -0.493 e. The van der Waals surface area contributed by atoms with Crippen LogP contribution in [0.25, 0.3) is 10.9 Å². The average molecular weight is 530 g/mol. The molecule has 0 aliphatic rings. The van der Waals surface area contributed by atoms with Crippen molar-refractivity contribution in [2.45, 2.75) is 13.8 Å². The Morgan fingerprint density at radius 1 is 1.00 bits per heavy atom. The number of benzene rings is 1. The Morgan fingerprint density at radius 2 is 1.77 bits per heavy atom. The molecule has 4 rings (SSSR count). The maximum atomic E-state index is 12.8. The van der Waals surface area contributed by atoms with Gasteiger partial charge in [0.25, 0.3) is 5.91 Å². The molecule has 1 amide bonds. The van der Waals surface area contributed by atoms with Crippen LogP contribution in [0.4, 0.5) is 11.6 Å². The SMILES string of the molecule is CCOC(C=Nc1nccnc1C)=C(N)C(=O)Nc1ccc(Oc2ccnc3cc(OC)c(OC)cc23)cn1. The van der Waals surface area contributed by atoms with E-state index in [4.69, 9.17) is 24.7 Å². The first-order valence-corrected chi connectivity index (χ1v) is 11.8. The highest BCUT2D eigenvalue weighted by Gasteiger charge is 2.15. The van der Waals surface area contributed by atoms with Gasteiger partial charge < -0.3 is 30.0 Å². The molecule has 0 unspecified atom stereocenters. The van der Waals surface area contributed by atoms with E-state index in [1.165, 1.54) is 18.6 Å². The second-order valence-electron chi connectivity index (χ2n) is 7.90. The van der Waals surface area contributed by atoms with Crippen molar-refractivity contribution in [3.8, 4) is 23.0 Å². The van der Waals surface area contributed by atoms with Crippen LogP contribution in [0, 0.1) is 6.92 Å². The number of hydrogen-bond donors (Lipinski definition) is 2. The largest absolute Gasteiger partial charge is 0.493 e. The van der Waals surface area contributed by atoms with Gasteiger partial charge in [-0.3, -0.25) is 14.8 Å². The van der Waals surface area contributed by atoms with Crippen LogP contribution in [-0.2, 0) is 9.53 Å². The number of fused-ring (bicyclic) bond motifs is 1. The van der Waals surface area contributed by atoms with Crippen molar-refractivity contribution in [1.82, 2.24) is 19.9 Å². The minimum absolute atomic E-state index is 0.0941. The summed E-state index contributed by atoms with van der Waals surface area (Å²) in [6, 6.07) is 8.54. The number of amides is 1. The van der Waals surface area contributed by atoms with Gasteiger partial charge in [-0.1, -0.05) is 0 Å². The number of ether oxygens (including phenoxy) is 4. The van der Waals surface area contributed by atoms with Crippen LogP contribution in [-0.4, -0.2) is 52.9 Å². The number of hydrogen-bond acceptors (Lipinski definition) is 11. The first kappa shape index (κ1) is 26.8. The number of nitrogens with zero attached hydrogens (tertiary/aromatic N) is 5. The van der Waals surface area contributed by atoms with Gasteiger partial charge in [0.15, 0.2) is 23.1 Å². The Balaban J connectivity index is 1.50. The highest BCUT2D eigenvalue weighted by Crippen LogP contribution is 2.36. The molecule has 12 nitrogen and oxygen atoms in total. The lowest BCUT2D eigenvalue weighted by molar-refractivity contribution is -0.113. The predicted molar refractivity (Wildman–Crippen MR) is 146 cm³/mol. The average Bonchev–Trinajstić information content (AvgIpc) is 2.96. The zero-order valence-corrected chi connectivity index (χ0v) is 21.8. The fourth-order valence-electron chi connectivity index (χ4n) is 3.46. The number of aromatic nitrogens is 4. The van der Waals surface area contributed by atoms with Crippen molar-refractivity contribution in [2.75, 3.05) is 26.1 Å². The summed E-state index contributed by atoms with van der Waals surface area (Å²) < 4.78 is 22.3. The molecule has 0 radical (unpaired) electrons. The molecule has 0 fully saturated rings. The summed E-state index contributed by atoms with van der Waals surface area (Å²) in [7, 11) is 3.12. The van der Waals surface area contributed by atoms with Crippen molar-refractivity contribution in [2.24, 2.45) is 10.7 Å². The standard InChI is InChI=1S/C27H27N7O5/c1-5-38-23(15-33-26-16(2)29-10-11-31-26)25(28)27(35)34-24-7-6-17(14-32-24)39-20-8-9-30-19-13-22(37-4)21(36-3)12-18(19)20/h6-15H,5,28H2,1-4H3,(H,32,34,35). The zero-order valence-electron chi connectivity index (χ0n) is 21.8. The van der Waals surface area contributed by atoms with Crippen molar-refractivity contribution < 1.29 is 23.7 Å². The lowest BCUT2D eigenvalue weighted by atomic mass is 10.2. The van der Waals surface area contributed by atoms with E-state index in [0.717, 1.165) is 5.39 Å². The Hall–Kier alpha value is -5.26. The normalized spacial score (nSPS) is 11.7. The number of aliphatic imine (C=N–C) groups is 1. The number of allylic oxidation sites excluding steroid dienone is 1. The van der Waals surface area contributed by atoms with E-state index in [0.29, 0.717) is 40.0 Å². The summed E-state index contributed by atoms with van der Waals surface area (Å²) in [4.78, 5) is 33.9. The lowest BCUT2D eigenvalue weighted by Gasteiger charge is -2.12. The van der Waals surface area contributed by atoms with Crippen molar-refractivity contribution >= 4 is 34.7 Å². The van der Waals surface area contributed by atoms with Crippen LogP contribution in [0.5, 0.6) is 23.0 Å². The molecule has 4 aromatic rings. The molecule has 0 bridgehead atoms. The molecule has 3 heterocycles. The molecule has 0 aliphatic heterocycles. The molecule has 200 valence electrons. The van der Waals surface area contributed by atoms with E-state index in [1.807, 2.05) is 0 Å². The predicted octanol–water partition coefficient (Wildman–Crippen LogP) is 4.09. The molecule has 3 aromatic heterocycles. The van der Waals surface area contributed by atoms with E-state index in [-0.39, 0.29) is 23.9 Å². The Morgan fingerprint density at radius 3 is 2.46 bits per heavy atom. The number of carbonyl (C=O) groups is 1. The highest BCUT2D eigenvalue weighted by molar-refractivity contribution is 6.06. The number of pyridine rings is 2. The number of nitrogens with one attached hydrogen (secondary N) is 1. The van der Waals surface area contributed by atoms with Crippen LogP contribution in [0.3, 0.4) is 0 Å². The molecular weight excluding hydrogens is 502 g/mol. The van der Waals surface area contributed by atoms with Crippen LogP contribution in [0.15, 0.2) is 71.6 Å². The molecule has 0 spiro atoms. The summed E-state index contributed by atoms with van der Waals surface area (Å²) in [5, 5.41) is 3.37. The smallest absolute Gasteiger partial charge is 0.276 e.